The highest BCUT2D eigenvalue weighted by Crippen LogP contribution is 2.39. The minimum atomic E-state index is -0.284. The van der Waals surface area contributed by atoms with Crippen LogP contribution in [0.5, 0.6) is 5.75 Å². The Morgan fingerprint density at radius 3 is 2.43 bits per heavy atom. The molecule has 6 heteroatoms. The van der Waals surface area contributed by atoms with Crippen molar-refractivity contribution >= 4 is 11.9 Å². The number of para-hydroxylation sites is 1. The molecule has 28 heavy (non-hydrogen) atoms. The fourth-order valence-corrected chi connectivity index (χ4v) is 4.45. The van der Waals surface area contributed by atoms with Crippen molar-refractivity contribution in [3.05, 3.63) is 30.3 Å². The molecule has 1 aliphatic heterocycles. The van der Waals surface area contributed by atoms with Crippen LogP contribution in [0, 0.1) is 5.41 Å². The predicted octanol–water partition coefficient (Wildman–Crippen LogP) is 2.75. The summed E-state index contributed by atoms with van der Waals surface area (Å²) >= 11 is 0. The molecular weight excluding hydrogens is 352 g/mol. The zero-order valence-corrected chi connectivity index (χ0v) is 17.5. The van der Waals surface area contributed by atoms with Gasteiger partial charge < -0.3 is 19.9 Å². The van der Waals surface area contributed by atoms with Crippen molar-refractivity contribution in [3.8, 4) is 5.75 Å². The molecule has 1 amide bonds. The Bertz CT molecular complexity index is 660. The molecule has 1 heterocycles. The number of piperidine rings is 1. The van der Waals surface area contributed by atoms with Crippen molar-refractivity contribution in [1.29, 1.82) is 0 Å². The lowest BCUT2D eigenvalue weighted by atomic mass is 9.84. The number of rotatable bonds is 5. The van der Waals surface area contributed by atoms with Crippen LogP contribution in [-0.4, -0.2) is 68.5 Å². The number of amides is 1. The maximum Gasteiger partial charge on any atom is 0.230 e. The first-order chi connectivity index (χ1) is 13.5. The first-order valence-electron chi connectivity index (χ1n) is 10.4. The molecule has 1 saturated heterocycles. The van der Waals surface area contributed by atoms with Gasteiger partial charge in [0.25, 0.3) is 0 Å². The molecule has 0 radical (unpaired) electrons. The van der Waals surface area contributed by atoms with E-state index in [1.54, 1.807) is 4.90 Å². The van der Waals surface area contributed by atoms with Crippen LogP contribution in [-0.2, 0) is 4.79 Å². The molecule has 1 aromatic carbocycles. The predicted molar refractivity (Wildman–Crippen MR) is 113 cm³/mol. The third-order valence-corrected chi connectivity index (χ3v) is 6.00. The number of hydrogen-bond acceptors (Lipinski definition) is 3. The number of carbonyl (C=O) groups excluding carboxylic acids is 1. The molecule has 0 aromatic heterocycles. The SMILES string of the molecule is CN=C(NCC1(C(=O)N(C)C)CCCC1)N1CCC(Oc2ccccc2)CC1. The highest BCUT2D eigenvalue weighted by Gasteiger charge is 2.42. The molecule has 1 aliphatic carbocycles. The number of nitrogens with one attached hydrogen (secondary N) is 1. The zero-order valence-electron chi connectivity index (χ0n) is 17.5. The third-order valence-electron chi connectivity index (χ3n) is 6.00. The summed E-state index contributed by atoms with van der Waals surface area (Å²) in [5.41, 5.74) is -0.284. The van der Waals surface area contributed by atoms with E-state index in [2.05, 4.69) is 15.2 Å². The molecule has 0 bridgehead atoms. The highest BCUT2D eigenvalue weighted by molar-refractivity contribution is 5.85. The largest absolute Gasteiger partial charge is 0.490 e. The molecular formula is C22H34N4O2. The van der Waals surface area contributed by atoms with Gasteiger partial charge in [-0.3, -0.25) is 9.79 Å². The number of likely N-dealkylation sites (tertiary alicyclic amines) is 1. The molecule has 3 rings (SSSR count). The van der Waals surface area contributed by atoms with Gasteiger partial charge in [0.2, 0.25) is 5.91 Å². The summed E-state index contributed by atoms with van der Waals surface area (Å²) in [7, 11) is 5.54. The summed E-state index contributed by atoms with van der Waals surface area (Å²) in [6.07, 6.45) is 6.36. The van der Waals surface area contributed by atoms with Gasteiger partial charge in [0.05, 0.1) is 5.41 Å². The Kier molecular flexibility index (Phi) is 6.81. The second-order valence-corrected chi connectivity index (χ2v) is 8.21. The summed E-state index contributed by atoms with van der Waals surface area (Å²) in [4.78, 5) is 21.3. The van der Waals surface area contributed by atoms with Crippen molar-refractivity contribution in [3.63, 3.8) is 0 Å². The minimum absolute atomic E-state index is 0.239. The maximum atomic E-state index is 12.8. The van der Waals surface area contributed by atoms with Gasteiger partial charge in [-0.25, -0.2) is 0 Å². The van der Waals surface area contributed by atoms with E-state index in [1.807, 2.05) is 51.5 Å². The monoisotopic (exact) mass is 386 g/mol. The van der Waals surface area contributed by atoms with Crippen molar-refractivity contribution in [2.24, 2.45) is 10.4 Å². The Morgan fingerprint density at radius 2 is 1.86 bits per heavy atom. The van der Waals surface area contributed by atoms with Gasteiger partial charge in [-0.2, -0.15) is 0 Å². The average molecular weight is 387 g/mol. The van der Waals surface area contributed by atoms with Crippen LogP contribution in [0.3, 0.4) is 0 Å². The number of ether oxygens (including phenoxy) is 1. The smallest absolute Gasteiger partial charge is 0.230 e. The lowest BCUT2D eigenvalue weighted by Crippen LogP contribution is -2.52. The fraction of sp³-hybridized carbons (Fsp3) is 0.636. The van der Waals surface area contributed by atoms with E-state index in [-0.39, 0.29) is 17.4 Å². The van der Waals surface area contributed by atoms with Crippen molar-refractivity contribution in [2.75, 3.05) is 40.8 Å². The number of benzene rings is 1. The van der Waals surface area contributed by atoms with E-state index in [0.29, 0.717) is 6.54 Å². The quantitative estimate of drug-likeness (QED) is 0.624. The summed E-state index contributed by atoms with van der Waals surface area (Å²) in [6.45, 7) is 2.48. The zero-order chi connectivity index (χ0) is 20.0. The summed E-state index contributed by atoms with van der Waals surface area (Å²) in [5.74, 6) is 2.08. The Balaban J connectivity index is 1.52. The van der Waals surface area contributed by atoms with E-state index in [0.717, 1.165) is 63.3 Å². The van der Waals surface area contributed by atoms with E-state index in [9.17, 15) is 4.79 Å². The molecule has 1 N–H and O–H groups in total. The Morgan fingerprint density at radius 1 is 1.21 bits per heavy atom. The van der Waals surface area contributed by atoms with Crippen LogP contribution in [0.1, 0.15) is 38.5 Å². The molecule has 0 unspecified atom stereocenters. The van der Waals surface area contributed by atoms with Crippen molar-refractivity contribution in [2.45, 2.75) is 44.6 Å². The van der Waals surface area contributed by atoms with E-state index < -0.39 is 0 Å². The second-order valence-electron chi connectivity index (χ2n) is 8.21. The lowest BCUT2D eigenvalue weighted by Gasteiger charge is -2.36. The number of hydrogen-bond donors (Lipinski definition) is 1. The van der Waals surface area contributed by atoms with Gasteiger partial charge in [-0.05, 0) is 25.0 Å². The standard InChI is InChI=1S/C22H34N4O2/c1-23-21(24-17-22(13-7-8-14-22)20(27)25(2)3)26-15-11-19(12-16-26)28-18-9-5-4-6-10-18/h4-6,9-10,19H,7-8,11-17H2,1-3H3,(H,23,24). The number of nitrogens with zero attached hydrogens (tertiary/aromatic N) is 3. The third kappa shape index (κ3) is 4.78. The van der Waals surface area contributed by atoms with Gasteiger partial charge >= 0.3 is 0 Å². The van der Waals surface area contributed by atoms with Crippen LogP contribution < -0.4 is 10.1 Å². The van der Waals surface area contributed by atoms with E-state index in [1.165, 1.54) is 0 Å². The number of aliphatic imine (C=N–C) groups is 1. The molecule has 2 fully saturated rings. The maximum absolute atomic E-state index is 12.8. The minimum Gasteiger partial charge on any atom is -0.490 e. The van der Waals surface area contributed by atoms with Gasteiger partial charge in [-0.15, -0.1) is 0 Å². The average Bonchev–Trinajstić information content (AvgIpc) is 3.20. The van der Waals surface area contributed by atoms with Crippen LogP contribution in [0.2, 0.25) is 0 Å². The van der Waals surface area contributed by atoms with Gasteiger partial charge in [0, 0.05) is 53.6 Å². The van der Waals surface area contributed by atoms with Crippen LogP contribution in [0.15, 0.2) is 35.3 Å². The summed E-state index contributed by atoms with van der Waals surface area (Å²) in [6, 6.07) is 10.0. The molecule has 1 saturated carbocycles. The lowest BCUT2D eigenvalue weighted by molar-refractivity contribution is -0.138. The van der Waals surface area contributed by atoms with Gasteiger partial charge in [0.1, 0.15) is 11.9 Å². The molecule has 0 atom stereocenters. The van der Waals surface area contributed by atoms with Crippen molar-refractivity contribution in [1.82, 2.24) is 15.1 Å². The van der Waals surface area contributed by atoms with Crippen LogP contribution in [0.25, 0.3) is 0 Å². The molecule has 0 spiro atoms. The topological polar surface area (TPSA) is 57.2 Å². The fourth-order valence-electron chi connectivity index (χ4n) is 4.45. The van der Waals surface area contributed by atoms with Gasteiger partial charge in [-0.1, -0.05) is 31.0 Å². The Labute approximate surface area is 168 Å². The normalized spacial score (nSPS) is 20.1. The molecule has 2 aliphatic rings. The number of guanidine groups is 1. The van der Waals surface area contributed by atoms with E-state index >= 15 is 0 Å². The number of carbonyl (C=O) groups is 1. The van der Waals surface area contributed by atoms with Crippen LogP contribution in [0.4, 0.5) is 0 Å². The first kappa shape index (κ1) is 20.5. The van der Waals surface area contributed by atoms with Gasteiger partial charge in [0.15, 0.2) is 5.96 Å². The highest BCUT2D eigenvalue weighted by atomic mass is 16.5. The molecule has 154 valence electrons. The Hall–Kier alpha value is -2.24. The second kappa shape index (κ2) is 9.30. The van der Waals surface area contributed by atoms with E-state index in [4.69, 9.17) is 4.74 Å². The summed E-state index contributed by atoms with van der Waals surface area (Å²) in [5, 5.41) is 3.51. The summed E-state index contributed by atoms with van der Waals surface area (Å²) < 4.78 is 6.09. The van der Waals surface area contributed by atoms with Crippen molar-refractivity contribution < 1.29 is 9.53 Å². The first-order valence-corrected chi connectivity index (χ1v) is 10.4. The van der Waals surface area contributed by atoms with Crippen LogP contribution >= 0.6 is 0 Å². The molecule has 6 nitrogen and oxygen atoms in total. The molecule has 1 aromatic rings.